The zero-order valence-corrected chi connectivity index (χ0v) is 20.7. The molecule has 6 nitrogen and oxygen atoms in total. The van der Waals surface area contributed by atoms with Gasteiger partial charge in [0.15, 0.2) is 0 Å². The van der Waals surface area contributed by atoms with Crippen molar-refractivity contribution in [2.24, 2.45) is 5.92 Å². The highest BCUT2D eigenvalue weighted by atomic mass is 35.5. The van der Waals surface area contributed by atoms with E-state index >= 15 is 0 Å². The van der Waals surface area contributed by atoms with Crippen molar-refractivity contribution in [3.8, 4) is 6.01 Å². The van der Waals surface area contributed by atoms with E-state index in [1.807, 2.05) is 61.7 Å². The molecule has 1 aromatic heterocycles. The summed E-state index contributed by atoms with van der Waals surface area (Å²) < 4.78 is 13.8. The van der Waals surface area contributed by atoms with Crippen LogP contribution in [0.5, 0.6) is 6.01 Å². The van der Waals surface area contributed by atoms with E-state index in [0.717, 1.165) is 29.4 Å². The molecule has 0 atom stereocenters. The van der Waals surface area contributed by atoms with Gasteiger partial charge in [-0.25, -0.2) is 4.79 Å². The molecule has 4 rings (SSSR count). The second-order valence-corrected chi connectivity index (χ2v) is 10.3. The quantitative estimate of drug-likeness (QED) is 0.414. The minimum absolute atomic E-state index is 0.247. The van der Waals surface area contributed by atoms with Crippen molar-refractivity contribution in [3.05, 3.63) is 58.1 Å². The van der Waals surface area contributed by atoms with E-state index in [1.54, 1.807) is 11.0 Å². The summed E-state index contributed by atoms with van der Waals surface area (Å²) in [5.74, 6) is 0.344. The normalized spacial score (nSPS) is 15.1. The number of benzene rings is 2. The molecule has 0 bridgehead atoms. The van der Waals surface area contributed by atoms with Crippen LogP contribution in [-0.2, 0) is 11.3 Å². The summed E-state index contributed by atoms with van der Waals surface area (Å²) in [4.78, 5) is 18.8. The molecule has 1 aliphatic heterocycles. The van der Waals surface area contributed by atoms with E-state index in [4.69, 9.17) is 37.7 Å². The number of imidazole rings is 1. The molecule has 33 heavy (non-hydrogen) atoms. The lowest BCUT2D eigenvalue weighted by atomic mass is 9.98. The van der Waals surface area contributed by atoms with Gasteiger partial charge in [0.05, 0.1) is 24.2 Å². The van der Waals surface area contributed by atoms with Gasteiger partial charge in [-0.3, -0.25) is 4.57 Å². The zero-order valence-electron chi connectivity index (χ0n) is 19.2. The smallest absolute Gasteiger partial charge is 0.410 e. The number of carbonyl (C=O) groups is 1. The summed E-state index contributed by atoms with van der Waals surface area (Å²) in [7, 11) is 0. The van der Waals surface area contributed by atoms with E-state index in [0.29, 0.717) is 48.2 Å². The van der Waals surface area contributed by atoms with Crippen LogP contribution in [0.25, 0.3) is 11.0 Å². The van der Waals surface area contributed by atoms with Gasteiger partial charge in [-0.05, 0) is 69.4 Å². The Morgan fingerprint density at radius 3 is 2.55 bits per heavy atom. The van der Waals surface area contributed by atoms with Crippen LogP contribution in [0.1, 0.15) is 39.2 Å². The fourth-order valence-electron chi connectivity index (χ4n) is 3.94. The Hall–Kier alpha value is -2.44. The molecule has 0 unspecified atom stereocenters. The molecular formula is C25H29Cl2N3O3. The molecule has 1 amide bonds. The van der Waals surface area contributed by atoms with Crippen molar-refractivity contribution in [3.63, 3.8) is 0 Å². The number of fused-ring (bicyclic) bond motifs is 1. The van der Waals surface area contributed by atoms with Crippen molar-refractivity contribution in [1.29, 1.82) is 0 Å². The van der Waals surface area contributed by atoms with Crippen LogP contribution in [0.2, 0.25) is 10.0 Å². The second kappa shape index (κ2) is 9.82. The van der Waals surface area contributed by atoms with Crippen LogP contribution in [0.15, 0.2) is 42.5 Å². The van der Waals surface area contributed by atoms with Gasteiger partial charge in [-0.15, -0.1) is 0 Å². The van der Waals surface area contributed by atoms with Crippen LogP contribution in [0.3, 0.4) is 0 Å². The molecule has 2 aromatic carbocycles. The molecule has 1 saturated heterocycles. The van der Waals surface area contributed by atoms with Crippen molar-refractivity contribution in [1.82, 2.24) is 14.5 Å². The van der Waals surface area contributed by atoms with Crippen LogP contribution in [0.4, 0.5) is 4.79 Å². The van der Waals surface area contributed by atoms with Crippen LogP contribution in [-0.4, -0.2) is 45.8 Å². The second-order valence-electron chi connectivity index (χ2n) is 9.43. The highest BCUT2D eigenvalue weighted by Gasteiger charge is 2.27. The fourth-order valence-corrected chi connectivity index (χ4v) is 4.41. The third-order valence-electron chi connectivity index (χ3n) is 5.68. The lowest BCUT2D eigenvalue weighted by Crippen LogP contribution is -2.42. The first-order valence-electron chi connectivity index (χ1n) is 11.2. The number of amides is 1. The van der Waals surface area contributed by atoms with Crippen molar-refractivity contribution < 1.29 is 14.3 Å². The molecule has 0 N–H and O–H groups in total. The molecule has 8 heteroatoms. The number of para-hydroxylation sites is 2. The third-order valence-corrected chi connectivity index (χ3v) is 6.26. The van der Waals surface area contributed by atoms with Gasteiger partial charge in [-0.1, -0.05) is 41.4 Å². The Balaban J connectivity index is 1.43. The van der Waals surface area contributed by atoms with Gasteiger partial charge in [0.1, 0.15) is 5.60 Å². The average Bonchev–Trinajstić information content (AvgIpc) is 3.11. The first kappa shape index (κ1) is 23.7. The number of nitrogens with zero attached hydrogens (tertiary/aromatic N) is 3. The first-order valence-corrected chi connectivity index (χ1v) is 11.9. The first-order chi connectivity index (χ1) is 15.7. The summed E-state index contributed by atoms with van der Waals surface area (Å²) in [5.41, 5.74) is 2.32. The monoisotopic (exact) mass is 489 g/mol. The maximum Gasteiger partial charge on any atom is 0.410 e. The molecular weight excluding hydrogens is 461 g/mol. The Morgan fingerprint density at radius 1 is 1.12 bits per heavy atom. The van der Waals surface area contributed by atoms with Gasteiger partial charge in [0, 0.05) is 23.1 Å². The largest absolute Gasteiger partial charge is 0.464 e. The van der Waals surface area contributed by atoms with E-state index in [-0.39, 0.29) is 6.09 Å². The van der Waals surface area contributed by atoms with Crippen LogP contribution < -0.4 is 4.74 Å². The van der Waals surface area contributed by atoms with Crippen LogP contribution >= 0.6 is 23.2 Å². The predicted octanol–water partition coefficient (Wildman–Crippen LogP) is 6.42. The SMILES string of the molecule is CC(C)(C)OC(=O)N1CCC(COc2nc3ccccc3n2Cc2ccc(Cl)cc2Cl)CC1. The summed E-state index contributed by atoms with van der Waals surface area (Å²) in [6.07, 6.45) is 1.48. The molecule has 0 radical (unpaired) electrons. The number of ether oxygens (including phenoxy) is 2. The van der Waals surface area contributed by atoms with Gasteiger partial charge in [0.2, 0.25) is 0 Å². The van der Waals surface area contributed by atoms with Gasteiger partial charge >= 0.3 is 6.09 Å². The van der Waals surface area contributed by atoms with E-state index < -0.39 is 5.60 Å². The Labute approximate surface area is 204 Å². The molecule has 0 saturated carbocycles. The number of halogens is 2. The standard InChI is InChI=1S/C25H29Cl2N3O3/c1-25(2,3)33-24(31)29-12-10-17(11-13-29)16-32-23-28-21-6-4-5-7-22(21)30(23)15-18-8-9-19(26)14-20(18)27/h4-9,14,17H,10-13,15-16H2,1-3H3. The molecule has 0 spiro atoms. The van der Waals surface area contributed by atoms with Crippen LogP contribution in [0, 0.1) is 5.92 Å². The Bertz CT molecular complexity index is 1130. The number of carbonyl (C=O) groups excluding carboxylic acids is 1. The van der Waals surface area contributed by atoms with Crippen molar-refractivity contribution in [2.75, 3.05) is 19.7 Å². The molecule has 176 valence electrons. The van der Waals surface area contributed by atoms with Gasteiger partial charge in [0.25, 0.3) is 6.01 Å². The minimum Gasteiger partial charge on any atom is -0.464 e. The molecule has 1 aliphatic rings. The van der Waals surface area contributed by atoms with Gasteiger partial charge < -0.3 is 14.4 Å². The maximum atomic E-state index is 12.3. The third kappa shape index (κ3) is 5.92. The molecule has 1 fully saturated rings. The molecule has 0 aliphatic carbocycles. The summed E-state index contributed by atoms with van der Waals surface area (Å²) in [6.45, 7) is 8.06. The number of hydrogen-bond acceptors (Lipinski definition) is 4. The number of hydrogen-bond donors (Lipinski definition) is 0. The maximum absolute atomic E-state index is 12.3. The highest BCUT2D eigenvalue weighted by molar-refractivity contribution is 6.35. The number of piperidine rings is 1. The van der Waals surface area contributed by atoms with Gasteiger partial charge in [-0.2, -0.15) is 4.98 Å². The molecule has 2 heterocycles. The molecule has 3 aromatic rings. The zero-order chi connectivity index (χ0) is 23.6. The number of rotatable bonds is 5. The minimum atomic E-state index is -0.483. The fraction of sp³-hybridized carbons (Fsp3) is 0.440. The highest BCUT2D eigenvalue weighted by Crippen LogP contribution is 2.28. The predicted molar refractivity (Wildman–Crippen MR) is 131 cm³/mol. The van der Waals surface area contributed by atoms with Crippen molar-refractivity contribution >= 4 is 40.3 Å². The lowest BCUT2D eigenvalue weighted by molar-refractivity contribution is 0.0162. The number of aromatic nitrogens is 2. The van der Waals surface area contributed by atoms with E-state index in [1.165, 1.54) is 0 Å². The topological polar surface area (TPSA) is 56.6 Å². The summed E-state index contributed by atoms with van der Waals surface area (Å²) in [6, 6.07) is 14.0. The number of likely N-dealkylation sites (tertiary alicyclic amines) is 1. The van der Waals surface area contributed by atoms with Crippen molar-refractivity contribution in [2.45, 2.75) is 45.8 Å². The van der Waals surface area contributed by atoms with E-state index in [2.05, 4.69) is 0 Å². The summed E-state index contributed by atoms with van der Waals surface area (Å²) in [5, 5.41) is 1.22. The Morgan fingerprint density at radius 2 is 1.85 bits per heavy atom. The summed E-state index contributed by atoms with van der Waals surface area (Å²) >= 11 is 12.5. The average molecular weight is 490 g/mol. The Kier molecular flexibility index (Phi) is 7.05. The lowest BCUT2D eigenvalue weighted by Gasteiger charge is -2.33. The van der Waals surface area contributed by atoms with E-state index in [9.17, 15) is 4.79 Å².